The van der Waals surface area contributed by atoms with Crippen LogP contribution in [0.3, 0.4) is 0 Å². The molecule has 0 aliphatic rings. The Morgan fingerprint density at radius 1 is 1.42 bits per heavy atom. The molecule has 0 atom stereocenters. The fourth-order valence-electron chi connectivity index (χ4n) is 1.39. The summed E-state index contributed by atoms with van der Waals surface area (Å²) >= 11 is 0. The highest BCUT2D eigenvalue weighted by Gasteiger charge is 2.10. The van der Waals surface area contributed by atoms with E-state index in [-0.39, 0.29) is 17.4 Å². The average Bonchev–Trinajstić information content (AvgIpc) is 2.37. The summed E-state index contributed by atoms with van der Waals surface area (Å²) in [5.41, 5.74) is 0.643. The Morgan fingerprint density at radius 2 is 2.16 bits per heavy atom. The maximum atomic E-state index is 12.1. The standard InChI is InChI=1S/C13H15F2NO3/c1-3-16-12(17)7-5-9-4-6-10(19-13(14)15)11(8-9)18-2/h4-8,13H,3H2,1-2H3,(H,16,17)/b7-5+. The third-order valence-electron chi connectivity index (χ3n) is 2.18. The molecule has 1 N–H and O–H groups in total. The lowest BCUT2D eigenvalue weighted by molar-refractivity contribution is -0.116. The Morgan fingerprint density at radius 3 is 2.74 bits per heavy atom. The number of hydrogen-bond acceptors (Lipinski definition) is 3. The van der Waals surface area contributed by atoms with Gasteiger partial charge in [-0.3, -0.25) is 4.79 Å². The summed E-state index contributed by atoms with van der Waals surface area (Å²) in [5.74, 6) is -0.0969. The molecule has 6 heteroatoms. The van der Waals surface area contributed by atoms with Crippen LogP contribution in [0.4, 0.5) is 8.78 Å². The summed E-state index contributed by atoms with van der Waals surface area (Å²) in [6, 6.07) is 4.42. The topological polar surface area (TPSA) is 47.6 Å². The SMILES string of the molecule is CCNC(=O)/C=C/c1ccc(OC(F)F)c(OC)c1. The number of amides is 1. The van der Waals surface area contributed by atoms with Crippen LogP contribution in [0.1, 0.15) is 12.5 Å². The van der Waals surface area contributed by atoms with Crippen LogP contribution in [0.2, 0.25) is 0 Å². The molecule has 19 heavy (non-hydrogen) atoms. The summed E-state index contributed by atoms with van der Waals surface area (Å²) in [5, 5.41) is 2.60. The maximum absolute atomic E-state index is 12.1. The van der Waals surface area contributed by atoms with Crippen LogP contribution in [-0.2, 0) is 4.79 Å². The Bertz CT molecular complexity index is 461. The van der Waals surface area contributed by atoms with E-state index in [0.29, 0.717) is 12.1 Å². The van der Waals surface area contributed by atoms with Crippen LogP contribution < -0.4 is 14.8 Å². The molecular formula is C13H15F2NO3. The van der Waals surface area contributed by atoms with Gasteiger partial charge in [-0.1, -0.05) is 6.07 Å². The monoisotopic (exact) mass is 271 g/mol. The maximum Gasteiger partial charge on any atom is 0.387 e. The van der Waals surface area contributed by atoms with E-state index in [1.807, 2.05) is 6.92 Å². The van der Waals surface area contributed by atoms with E-state index < -0.39 is 6.61 Å². The molecule has 4 nitrogen and oxygen atoms in total. The zero-order valence-electron chi connectivity index (χ0n) is 10.7. The van der Waals surface area contributed by atoms with E-state index in [9.17, 15) is 13.6 Å². The summed E-state index contributed by atoms with van der Waals surface area (Å²) in [4.78, 5) is 11.2. The summed E-state index contributed by atoms with van der Waals surface area (Å²) in [6.07, 6.45) is 2.91. The van der Waals surface area contributed by atoms with Gasteiger partial charge in [-0.15, -0.1) is 0 Å². The quantitative estimate of drug-likeness (QED) is 0.808. The molecule has 1 rings (SSSR count). The first-order valence-corrected chi connectivity index (χ1v) is 5.65. The van der Waals surface area contributed by atoms with E-state index in [4.69, 9.17) is 4.74 Å². The number of methoxy groups -OCH3 is 1. The number of likely N-dealkylation sites (N-methyl/N-ethyl adjacent to an activating group) is 1. The highest BCUT2D eigenvalue weighted by molar-refractivity contribution is 5.91. The molecule has 0 spiro atoms. The Kier molecular flexibility index (Phi) is 5.78. The fourth-order valence-corrected chi connectivity index (χ4v) is 1.39. The highest BCUT2D eigenvalue weighted by atomic mass is 19.3. The summed E-state index contributed by atoms with van der Waals surface area (Å²) in [6.45, 7) is -0.565. The first kappa shape index (κ1) is 14.9. The minimum absolute atomic E-state index is 0.0485. The molecule has 1 aromatic carbocycles. The first-order valence-electron chi connectivity index (χ1n) is 5.65. The van der Waals surface area contributed by atoms with Crippen molar-refractivity contribution in [2.75, 3.05) is 13.7 Å². The van der Waals surface area contributed by atoms with Crippen LogP contribution in [0, 0.1) is 0 Å². The third-order valence-corrected chi connectivity index (χ3v) is 2.18. The Labute approximate surface area is 110 Å². The van der Waals surface area contributed by atoms with Crippen LogP contribution >= 0.6 is 0 Å². The van der Waals surface area contributed by atoms with Crippen LogP contribution in [-0.4, -0.2) is 26.2 Å². The number of alkyl halides is 2. The van der Waals surface area contributed by atoms with Crippen molar-refractivity contribution < 1.29 is 23.0 Å². The van der Waals surface area contributed by atoms with Crippen molar-refractivity contribution in [1.29, 1.82) is 0 Å². The van der Waals surface area contributed by atoms with Gasteiger partial charge in [-0.2, -0.15) is 8.78 Å². The zero-order valence-corrected chi connectivity index (χ0v) is 10.7. The molecule has 1 amide bonds. The Balaban J connectivity index is 2.84. The van der Waals surface area contributed by atoms with Gasteiger partial charge in [-0.25, -0.2) is 0 Å². The molecule has 0 radical (unpaired) electrons. The average molecular weight is 271 g/mol. The second kappa shape index (κ2) is 7.35. The largest absolute Gasteiger partial charge is 0.493 e. The van der Waals surface area contributed by atoms with Crippen molar-refractivity contribution in [1.82, 2.24) is 5.32 Å². The van der Waals surface area contributed by atoms with Gasteiger partial charge in [0.2, 0.25) is 5.91 Å². The van der Waals surface area contributed by atoms with Crippen molar-refractivity contribution in [2.45, 2.75) is 13.5 Å². The number of rotatable bonds is 6. The van der Waals surface area contributed by atoms with Crippen molar-refractivity contribution in [2.24, 2.45) is 0 Å². The lowest BCUT2D eigenvalue weighted by Crippen LogP contribution is -2.19. The molecule has 104 valence electrons. The van der Waals surface area contributed by atoms with Gasteiger partial charge in [0.15, 0.2) is 11.5 Å². The summed E-state index contributed by atoms with van der Waals surface area (Å²) < 4.78 is 33.5. The van der Waals surface area contributed by atoms with Gasteiger partial charge in [-0.05, 0) is 30.7 Å². The first-order chi connectivity index (χ1) is 9.06. The molecule has 0 unspecified atom stereocenters. The van der Waals surface area contributed by atoms with Crippen molar-refractivity contribution in [3.8, 4) is 11.5 Å². The second-order valence-corrected chi connectivity index (χ2v) is 3.52. The van der Waals surface area contributed by atoms with E-state index >= 15 is 0 Å². The number of carbonyl (C=O) groups excluding carboxylic acids is 1. The lowest BCUT2D eigenvalue weighted by atomic mass is 10.2. The molecule has 0 bridgehead atoms. The lowest BCUT2D eigenvalue weighted by Gasteiger charge is -2.10. The van der Waals surface area contributed by atoms with Crippen molar-refractivity contribution in [3.05, 3.63) is 29.8 Å². The molecule has 0 aromatic heterocycles. The van der Waals surface area contributed by atoms with Crippen LogP contribution in [0.15, 0.2) is 24.3 Å². The number of carbonyl (C=O) groups is 1. The van der Waals surface area contributed by atoms with Crippen molar-refractivity contribution >= 4 is 12.0 Å². The molecule has 1 aromatic rings. The number of halogens is 2. The van der Waals surface area contributed by atoms with Gasteiger partial charge in [0.1, 0.15) is 0 Å². The molecule has 0 saturated heterocycles. The molecule has 0 aliphatic carbocycles. The second-order valence-electron chi connectivity index (χ2n) is 3.52. The number of ether oxygens (including phenoxy) is 2. The molecule has 0 fully saturated rings. The van der Waals surface area contributed by atoms with Gasteiger partial charge < -0.3 is 14.8 Å². The van der Waals surface area contributed by atoms with Crippen LogP contribution in [0.5, 0.6) is 11.5 Å². The molecule has 0 aliphatic heterocycles. The minimum atomic E-state index is -2.91. The Hall–Kier alpha value is -2.11. The van der Waals surface area contributed by atoms with Crippen LogP contribution in [0.25, 0.3) is 6.08 Å². The summed E-state index contributed by atoms with van der Waals surface area (Å²) in [7, 11) is 1.35. The predicted molar refractivity (Wildman–Crippen MR) is 67.3 cm³/mol. The third kappa shape index (κ3) is 4.95. The van der Waals surface area contributed by atoms with E-state index in [2.05, 4.69) is 10.1 Å². The minimum Gasteiger partial charge on any atom is -0.493 e. The van der Waals surface area contributed by atoms with Crippen molar-refractivity contribution in [3.63, 3.8) is 0 Å². The van der Waals surface area contributed by atoms with E-state index in [1.165, 1.54) is 25.3 Å². The zero-order chi connectivity index (χ0) is 14.3. The highest BCUT2D eigenvalue weighted by Crippen LogP contribution is 2.29. The van der Waals surface area contributed by atoms with Gasteiger partial charge in [0, 0.05) is 12.6 Å². The number of nitrogens with one attached hydrogen (secondary N) is 1. The number of benzene rings is 1. The van der Waals surface area contributed by atoms with Gasteiger partial charge >= 0.3 is 6.61 Å². The normalized spacial score (nSPS) is 10.8. The molecular weight excluding hydrogens is 256 g/mol. The predicted octanol–water partition coefficient (Wildman–Crippen LogP) is 2.45. The molecule has 0 heterocycles. The van der Waals surface area contributed by atoms with Gasteiger partial charge in [0.05, 0.1) is 7.11 Å². The smallest absolute Gasteiger partial charge is 0.387 e. The van der Waals surface area contributed by atoms with Gasteiger partial charge in [0.25, 0.3) is 0 Å². The van der Waals surface area contributed by atoms with E-state index in [0.717, 1.165) is 0 Å². The fraction of sp³-hybridized carbons (Fsp3) is 0.308. The molecule has 0 saturated carbocycles. The number of hydrogen-bond donors (Lipinski definition) is 1. The van der Waals surface area contributed by atoms with E-state index in [1.54, 1.807) is 12.1 Å².